The molecule has 0 bridgehead atoms. The lowest BCUT2D eigenvalue weighted by atomic mass is 9.92. The highest BCUT2D eigenvalue weighted by Gasteiger charge is 2.26. The van der Waals surface area contributed by atoms with Crippen molar-refractivity contribution < 1.29 is 13.2 Å². The van der Waals surface area contributed by atoms with Crippen molar-refractivity contribution in [2.45, 2.75) is 58.4 Å². The van der Waals surface area contributed by atoms with Crippen LogP contribution in [0, 0.1) is 20.8 Å². The van der Waals surface area contributed by atoms with Crippen molar-refractivity contribution in [1.29, 1.82) is 0 Å². The first-order valence-electron chi connectivity index (χ1n) is 10.0. The molecule has 7 nitrogen and oxygen atoms in total. The fourth-order valence-corrected chi connectivity index (χ4v) is 4.39. The number of nitrogens with one attached hydrogen (secondary N) is 1. The Balaban J connectivity index is 2.02. The first kappa shape index (κ1) is 22.7. The number of aromatic nitrogens is 3. The van der Waals surface area contributed by atoms with E-state index in [1.54, 1.807) is 10.7 Å². The summed E-state index contributed by atoms with van der Waals surface area (Å²) in [7, 11) is -4.03. The molecule has 2 aromatic heterocycles. The van der Waals surface area contributed by atoms with Crippen LogP contribution in [0.4, 0.5) is 0 Å². The molecule has 3 aromatic rings. The molecule has 0 aliphatic carbocycles. The molecule has 2 heterocycles. The van der Waals surface area contributed by atoms with Gasteiger partial charge in [-0.2, -0.15) is 5.10 Å². The summed E-state index contributed by atoms with van der Waals surface area (Å²) < 4.78 is 29.0. The number of aryl methyl sites for hydroxylation is 3. The Morgan fingerprint density at radius 3 is 2.16 bits per heavy atom. The molecule has 1 N–H and O–H groups in total. The Morgan fingerprint density at radius 1 is 1.03 bits per heavy atom. The molecule has 8 heteroatoms. The first-order valence-corrected chi connectivity index (χ1v) is 11.5. The Hall–Kier alpha value is -3.00. The van der Waals surface area contributed by atoms with E-state index >= 15 is 0 Å². The third-order valence-corrected chi connectivity index (χ3v) is 6.46. The summed E-state index contributed by atoms with van der Waals surface area (Å²) >= 11 is 0. The maximum Gasteiger partial charge on any atom is 0.283 e. The van der Waals surface area contributed by atoms with E-state index in [9.17, 15) is 13.2 Å². The van der Waals surface area contributed by atoms with E-state index in [2.05, 4.69) is 26.9 Å². The molecular weight excluding hydrogens is 412 g/mol. The van der Waals surface area contributed by atoms with Gasteiger partial charge in [0, 0.05) is 17.8 Å². The number of amides is 1. The quantitative estimate of drug-likeness (QED) is 0.653. The Labute approximate surface area is 183 Å². The van der Waals surface area contributed by atoms with Gasteiger partial charge in [-0.25, -0.2) is 13.1 Å². The lowest BCUT2D eigenvalue weighted by Crippen LogP contribution is -2.32. The monoisotopic (exact) mass is 440 g/mol. The zero-order chi connectivity index (χ0) is 23.0. The Morgan fingerprint density at radius 2 is 1.61 bits per heavy atom. The number of carbonyl (C=O) groups is 1. The minimum Gasteiger partial charge on any atom is -0.266 e. The number of pyridine rings is 1. The largest absolute Gasteiger partial charge is 0.283 e. The zero-order valence-corrected chi connectivity index (χ0v) is 19.5. The van der Waals surface area contributed by atoms with Gasteiger partial charge in [0.05, 0.1) is 17.1 Å². The van der Waals surface area contributed by atoms with E-state index in [0.717, 1.165) is 22.3 Å². The van der Waals surface area contributed by atoms with Crippen LogP contribution in [0.15, 0.2) is 47.6 Å². The molecule has 1 amide bonds. The van der Waals surface area contributed by atoms with E-state index < -0.39 is 15.9 Å². The third-order valence-electron chi connectivity index (χ3n) is 5.12. The van der Waals surface area contributed by atoms with E-state index in [1.807, 2.05) is 41.5 Å². The molecule has 3 rings (SSSR count). The second-order valence-electron chi connectivity index (χ2n) is 8.82. The lowest BCUT2D eigenvalue weighted by molar-refractivity contribution is 0.0971. The van der Waals surface area contributed by atoms with Crippen LogP contribution in [-0.4, -0.2) is 29.1 Å². The number of hydrogen-bond acceptors (Lipinski definition) is 5. The van der Waals surface area contributed by atoms with Crippen LogP contribution in [0.2, 0.25) is 0 Å². The normalized spacial score (nSPS) is 12.1. The van der Waals surface area contributed by atoms with Crippen molar-refractivity contribution in [3.05, 3.63) is 76.4 Å². The summed E-state index contributed by atoms with van der Waals surface area (Å²) in [6, 6.07) is 8.52. The van der Waals surface area contributed by atoms with Crippen LogP contribution in [0.3, 0.4) is 0 Å². The number of hydrogen-bond donors (Lipinski definition) is 1. The van der Waals surface area contributed by atoms with Gasteiger partial charge in [0.1, 0.15) is 5.69 Å². The van der Waals surface area contributed by atoms with E-state index in [4.69, 9.17) is 0 Å². The molecule has 0 atom stereocenters. The molecule has 0 unspecified atom stereocenters. The molecule has 31 heavy (non-hydrogen) atoms. The predicted octanol–water partition coefficient (Wildman–Crippen LogP) is 3.67. The van der Waals surface area contributed by atoms with E-state index in [0.29, 0.717) is 12.2 Å². The highest BCUT2D eigenvalue weighted by molar-refractivity contribution is 7.90. The molecule has 0 fully saturated rings. The van der Waals surface area contributed by atoms with Gasteiger partial charge < -0.3 is 0 Å². The third kappa shape index (κ3) is 5.02. The van der Waals surface area contributed by atoms with Gasteiger partial charge >= 0.3 is 0 Å². The van der Waals surface area contributed by atoms with Gasteiger partial charge in [-0.05, 0) is 55.7 Å². The van der Waals surface area contributed by atoms with Gasteiger partial charge in [-0.3, -0.25) is 14.5 Å². The summed E-state index contributed by atoms with van der Waals surface area (Å²) in [4.78, 5) is 16.8. The highest BCUT2D eigenvalue weighted by atomic mass is 32.2. The molecule has 1 aromatic carbocycles. The second-order valence-corrected chi connectivity index (χ2v) is 10.5. The minimum atomic E-state index is -4.03. The van der Waals surface area contributed by atoms with Crippen molar-refractivity contribution in [3.8, 4) is 0 Å². The molecule has 164 valence electrons. The average molecular weight is 441 g/mol. The number of carbonyl (C=O) groups excluding carboxylic acids is 1. The highest BCUT2D eigenvalue weighted by Crippen LogP contribution is 2.24. The molecule has 0 radical (unpaired) electrons. The number of rotatable bonds is 5. The van der Waals surface area contributed by atoms with Crippen LogP contribution >= 0.6 is 0 Å². The smallest absolute Gasteiger partial charge is 0.266 e. The molecule has 0 aliphatic rings. The second kappa shape index (κ2) is 8.26. The maximum atomic E-state index is 13.0. The van der Waals surface area contributed by atoms with E-state index in [-0.39, 0.29) is 16.0 Å². The molecular formula is C23H28N4O3S. The molecule has 0 spiro atoms. The summed E-state index contributed by atoms with van der Waals surface area (Å²) in [5.74, 6) is -0.720. The Kier molecular flexibility index (Phi) is 6.04. The van der Waals surface area contributed by atoms with Crippen molar-refractivity contribution in [1.82, 2.24) is 19.5 Å². The van der Waals surface area contributed by atoms with E-state index in [1.165, 1.54) is 24.5 Å². The fraction of sp³-hybridized carbons (Fsp3) is 0.348. The van der Waals surface area contributed by atoms with Crippen molar-refractivity contribution in [2.75, 3.05) is 0 Å². The summed E-state index contributed by atoms with van der Waals surface area (Å²) in [5, 5.41) is 4.66. The van der Waals surface area contributed by atoms with Crippen LogP contribution < -0.4 is 4.72 Å². The first-order chi connectivity index (χ1) is 14.4. The van der Waals surface area contributed by atoms with Crippen molar-refractivity contribution in [3.63, 3.8) is 0 Å². The molecule has 0 saturated heterocycles. The predicted molar refractivity (Wildman–Crippen MR) is 120 cm³/mol. The zero-order valence-electron chi connectivity index (χ0n) is 18.7. The van der Waals surface area contributed by atoms with Crippen molar-refractivity contribution in [2.24, 2.45) is 0 Å². The lowest BCUT2D eigenvalue weighted by Gasteiger charge is -2.15. The van der Waals surface area contributed by atoms with Gasteiger partial charge in [0.2, 0.25) is 0 Å². The van der Waals surface area contributed by atoms with Crippen LogP contribution in [0.1, 0.15) is 59.2 Å². The number of sulfonamides is 1. The van der Waals surface area contributed by atoms with Crippen LogP contribution in [0.25, 0.3) is 0 Å². The van der Waals surface area contributed by atoms with Gasteiger partial charge in [-0.15, -0.1) is 0 Å². The number of nitrogens with zero attached hydrogens (tertiary/aromatic N) is 3. The van der Waals surface area contributed by atoms with Gasteiger partial charge in [0.15, 0.2) is 0 Å². The van der Waals surface area contributed by atoms with Crippen molar-refractivity contribution >= 4 is 15.9 Å². The SMILES string of the molecule is Cc1cc(C)c(Cn2nc(C(C)(C)C)cc2C(=O)NS(=O)(=O)c2ccncc2)c(C)c1. The average Bonchev–Trinajstić information content (AvgIpc) is 3.09. The standard InChI is InChI=1S/C23H28N4O3S/c1-15-11-16(2)19(17(3)12-15)14-27-20(13-21(25-27)23(4,5)6)22(28)26-31(29,30)18-7-9-24-10-8-18/h7-13H,14H2,1-6H3,(H,26,28). The summed E-state index contributed by atoms with van der Waals surface area (Å²) in [5.41, 5.74) is 5.02. The van der Waals surface area contributed by atoms with Gasteiger partial charge in [0.25, 0.3) is 15.9 Å². The Bertz CT molecular complexity index is 1200. The minimum absolute atomic E-state index is 0.0248. The molecule has 0 saturated carbocycles. The fourth-order valence-electron chi connectivity index (χ4n) is 3.45. The van der Waals surface area contributed by atoms with Crippen LogP contribution in [0.5, 0.6) is 0 Å². The number of benzene rings is 1. The summed E-state index contributed by atoms with van der Waals surface area (Å²) in [6.45, 7) is 12.4. The summed E-state index contributed by atoms with van der Waals surface area (Å²) in [6.07, 6.45) is 2.73. The van der Waals surface area contributed by atoms with Gasteiger partial charge in [-0.1, -0.05) is 38.5 Å². The van der Waals surface area contributed by atoms with Crippen LogP contribution in [-0.2, 0) is 22.0 Å². The molecule has 0 aliphatic heterocycles. The maximum absolute atomic E-state index is 13.0. The topological polar surface area (TPSA) is 94.0 Å².